The summed E-state index contributed by atoms with van der Waals surface area (Å²) in [5.74, 6) is -1.40. The Bertz CT molecular complexity index is 603. The van der Waals surface area contributed by atoms with E-state index in [2.05, 4.69) is 15.9 Å². The summed E-state index contributed by atoms with van der Waals surface area (Å²) in [5.41, 5.74) is 1.09. The van der Waals surface area contributed by atoms with E-state index in [9.17, 15) is 13.6 Å². The molecule has 0 heterocycles. The molecule has 0 saturated heterocycles. The van der Waals surface area contributed by atoms with E-state index in [-0.39, 0.29) is 11.1 Å². The Morgan fingerprint density at radius 1 is 1.06 bits per heavy atom. The second kappa shape index (κ2) is 4.98. The fourth-order valence-electron chi connectivity index (χ4n) is 1.68. The van der Waals surface area contributed by atoms with Gasteiger partial charge in [0.05, 0.1) is 0 Å². The molecule has 0 N–H and O–H groups in total. The number of aryl methyl sites for hydroxylation is 1. The quantitative estimate of drug-likeness (QED) is 0.757. The van der Waals surface area contributed by atoms with Gasteiger partial charge >= 0.3 is 0 Å². The molecule has 2 aromatic carbocycles. The predicted molar refractivity (Wildman–Crippen MR) is 68.7 cm³/mol. The van der Waals surface area contributed by atoms with Crippen molar-refractivity contribution in [2.75, 3.05) is 0 Å². The summed E-state index contributed by atoms with van der Waals surface area (Å²) in [6, 6.07) is 7.88. The van der Waals surface area contributed by atoms with Gasteiger partial charge < -0.3 is 0 Å². The highest BCUT2D eigenvalue weighted by Gasteiger charge is 2.14. The van der Waals surface area contributed by atoms with E-state index < -0.39 is 17.4 Å². The molecule has 18 heavy (non-hydrogen) atoms. The molecule has 92 valence electrons. The minimum atomic E-state index is -0.512. The van der Waals surface area contributed by atoms with Crippen molar-refractivity contribution in [3.05, 3.63) is 69.2 Å². The third-order valence-corrected chi connectivity index (χ3v) is 3.03. The number of hydrogen-bond acceptors (Lipinski definition) is 1. The Labute approximate surface area is 112 Å². The maximum atomic E-state index is 13.2. The molecule has 0 fully saturated rings. The zero-order valence-electron chi connectivity index (χ0n) is 9.51. The molecule has 0 aliphatic rings. The fraction of sp³-hybridized carbons (Fsp3) is 0.0714. The van der Waals surface area contributed by atoms with Crippen LogP contribution in [0.3, 0.4) is 0 Å². The van der Waals surface area contributed by atoms with Gasteiger partial charge in [0.2, 0.25) is 0 Å². The van der Waals surface area contributed by atoms with Gasteiger partial charge in [0, 0.05) is 15.6 Å². The van der Waals surface area contributed by atoms with Crippen LogP contribution in [0.4, 0.5) is 8.78 Å². The molecule has 0 spiro atoms. The van der Waals surface area contributed by atoms with Crippen LogP contribution < -0.4 is 0 Å². The Hall–Kier alpha value is -1.55. The lowest BCUT2D eigenvalue weighted by Gasteiger charge is -2.06. The average molecular weight is 311 g/mol. The Kier molecular flexibility index (Phi) is 3.57. The van der Waals surface area contributed by atoms with Crippen LogP contribution in [0, 0.1) is 18.6 Å². The predicted octanol–water partition coefficient (Wildman–Crippen LogP) is 4.27. The molecule has 0 radical (unpaired) electrons. The van der Waals surface area contributed by atoms with Gasteiger partial charge in [-0.05, 0) is 42.8 Å². The van der Waals surface area contributed by atoms with Crippen LogP contribution in [0.2, 0.25) is 0 Å². The van der Waals surface area contributed by atoms with Crippen molar-refractivity contribution in [3.8, 4) is 0 Å². The van der Waals surface area contributed by atoms with E-state index in [4.69, 9.17) is 0 Å². The molecule has 0 unspecified atom stereocenters. The molecule has 2 rings (SSSR count). The molecular formula is C14H9BrF2O. The second-order valence-corrected chi connectivity index (χ2v) is 4.86. The van der Waals surface area contributed by atoms with Gasteiger partial charge in [-0.15, -0.1) is 0 Å². The highest BCUT2D eigenvalue weighted by atomic mass is 79.9. The van der Waals surface area contributed by atoms with E-state index in [1.807, 2.05) is 0 Å². The summed E-state index contributed by atoms with van der Waals surface area (Å²) in [6.07, 6.45) is 0. The number of ketones is 1. The average Bonchev–Trinajstić information content (AvgIpc) is 2.30. The number of benzene rings is 2. The summed E-state index contributed by atoms with van der Waals surface area (Å²) in [7, 11) is 0. The first-order chi connectivity index (χ1) is 8.47. The lowest BCUT2D eigenvalue weighted by Crippen LogP contribution is -2.05. The first-order valence-electron chi connectivity index (χ1n) is 5.24. The van der Waals surface area contributed by atoms with Crippen molar-refractivity contribution in [1.29, 1.82) is 0 Å². The van der Waals surface area contributed by atoms with E-state index in [1.54, 1.807) is 6.92 Å². The van der Waals surface area contributed by atoms with Crippen LogP contribution in [-0.2, 0) is 0 Å². The summed E-state index contributed by atoms with van der Waals surface area (Å²) < 4.78 is 26.8. The zero-order valence-corrected chi connectivity index (χ0v) is 11.1. The second-order valence-electron chi connectivity index (χ2n) is 3.95. The first-order valence-corrected chi connectivity index (χ1v) is 6.03. The largest absolute Gasteiger partial charge is 0.289 e. The van der Waals surface area contributed by atoms with Gasteiger partial charge in [-0.1, -0.05) is 22.0 Å². The van der Waals surface area contributed by atoms with Gasteiger partial charge in [0.1, 0.15) is 11.6 Å². The van der Waals surface area contributed by atoms with E-state index >= 15 is 0 Å². The Balaban J connectivity index is 2.51. The summed E-state index contributed by atoms with van der Waals surface area (Å²) in [5, 5.41) is 0. The monoisotopic (exact) mass is 310 g/mol. The molecule has 0 aromatic heterocycles. The van der Waals surface area contributed by atoms with Crippen molar-refractivity contribution in [1.82, 2.24) is 0 Å². The molecule has 0 atom stereocenters. The smallest absolute Gasteiger partial charge is 0.193 e. The van der Waals surface area contributed by atoms with Crippen LogP contribution in [-0.4, -0.2) is 5.78 Å². The number of carbonyl (C=O) groups excluding carboxylic acids is 1. The SMILES string of the molecule is Cc1ccc(F)cc1C(=O)c1cc(F)cc(Br)c1. The van der Waals surface area contributed by atoms with Gasteiger partial charge in [-0.25, -0.2) is 8.78 Å². The van der Waals surface area contributed by atoms with Gasteiger partial charge in [-0.2, -0.15) is 0 Å². The number of halogens is 3. The minimum absolute atomic E-state index is 0.190. The standard InChI is InChI=1S/C14H9BrF2O/c1-8-2-3-11(16)7-13(8)14(18)9-4-10(15)6-12(17)5-9/h2-7H,1H3. The van der Waals surface area contributed by atoms with Crippen molar-refractivity contribution in [2.24, 2.45) is 0 Å². The Morgan fingerprint density at radius 2 is 1.78 bits per heavy atom. The Morgan fingerprint density at radius 3 is 2.44 bits per heavy atom. The highest BCUT2D eigenvalue weighted by Crippen LogP contribution is 2.20. The van der Waals surface area contributed by atoms with Gasteiger partial charge in [0.15, 0.2) is 5.78 Å². The summed E-state index contributed by atoms with van der Waals surface area (Å²) >= 11 is 3.12. The van der Waals surface area contributed by atoms with Crippen molar-refractivity contribution >= 4 is 21.7 Å². The molecule has 4 heteroatoms. The normalized spacial score (nSPS) is 10.4. The van der Waals surface area contributed by atoms with Crippen LogP contribution in [0.25, 0.3) is 0 Å². The number of rotatable bonds is 2. The van der Waals surface area contributed by atoms with Crippen LogP contribution in [0.1, 0.15) is 21.5 Å². The zero-order chi connectivity index (χ0) is 13.3. The third kappa shape index (κ3) is 2.64. The van der Waals surface area contributed by atoms with Crippen LogP contribution in [0.5, 0.6) is 0 Å². The molecule has 0 bridgehead atoms. The van der Waals surface area contributed by atoms with Gasteiger partial charge in [-0.3, -0.25) is 4.79 Å². The highest BCUT2D eigenvalue weighted by molar-refractivity contribution is 9.10. The molecule has 0 aliphatic carbocycles. The fourth-order valence-corrected chi connectivity index (χ4v) is 2.14. The molecule has 0 amide bonds. The molecule has 0 saturated carbocycles. The third-order valence-electron chi connectivity index (χ3n) is 2.57. The maximum absolute atomic E-state index is 13.2. The van der Waals surface area contributed by atoms with Crippen molar-refractivity contribution in [3.63, 3.8) is 0 Å². The molecule has 2 aromatic rings. The van der Waals surface area contributed by atoms with Crippen molar-refractivity contribution in [2.45, 2.75) is 6.92 Å². The lowest BCUT2D eigenvalue weighted by molar-refractivity contribution is 0.103. The van der Waals surface area contributed by atoms with Crippen molar-refractivity contribution < 1.29 is 13.6 Å². The topological polar surface area (TPSA) is 17.1 Å². The van der Waals surface area contributed by atoms with Gasteiger partial charge in [0.25, 0.3) is 0 Å². The molecule has 1 nitrogen and oxygen atoms in total. The summed E-state index contributed by atoms with van der Waals surface area (Å²) in [4.78, 5) is 12.2. The first kappa shape index (κ1) is 12.9. The van der Waals surface area contributed by atoms with E-state index in [0.717, 1.165) is 12.1 Å². The number of hydrogen-bond donors (Lipinski definition) is 0. The molecular weight excluding hydrogens is 302 g/mol. The number of carbonyl (C=O) groups is 1. The lowest BCUT2D eigenvalue weighted by atomic mass is 9.99. The van der Waals surface area contributed by atoms with Crippen LogP contribution in [0.15, 0.2) is 40.9 Å². The van der Waals surface area contributed by atoms with Crippen LogP contribution >= 0.6 is 15.9 Å². The maximum Gasteiger partial charge on any atom is 0.193 e. The van der Waals surface area contributed by atoms with E-state index in [0.29, 0.717) is 10.0 Å². The van der Waals surface area contributed by atoms with E-state index in [1.165, 1.54) is 24.3 Å². The summed E-state index contributed by atoms with van der Waals surface area (Å²) in [6.45, 7) is 1.71. The minimum Gasteiger partial charge on any atom is -0.289 e. The molecule has 0 aliphatic heterocycles.